The van der Waals surface area contributed by atoms with Gasteiger partial charge < -0.3 is 9.84 Å². The highest BCUT2D eigenvalue weighted by atomic mass is 35.5. The van der Waals surface area contributed by atoms with Crippen molar-refractivity contribution in [3.05, 3.63) is 33.1 Å². The normalized spacial score (nSPS) is 26.6. The van der Waals surface area contributed by atoms with Gasteiger partial charge in [-0.3, -0.25) is 14.3 Å². The topological polar surface area (TPSA) is 84.3 Å². The molecule has 1 aromatic heterocycles. The Balaban J connectivity index is 0.000000771. The van der Waals surface area contributed by atoms with Crippen molar-refractivity contribution in [2.75, 3.05) is 13.0 Å². The number of halogens is 1. The molecule has 0 aliphatic carbocycles. The van der Waals surface area contributed by atoms with Gasteiger partial charge in [0, 0.05) is 24.6 Å². The molecule has 102 valence electrons. The van der Waals surface area contributed by atoms with Crippen molar-refractivity contribution in [1.29, 1.82) is 0 Å². The van der Waals surface area contributed by atoms with Crippen molar-refractivity contribution < 1.29 is 9.84 Å². The van der Waals surface area contributed by atoms with Gasteiger partial charge in [-0.05, 0) is 6.42 Å². The van der Waals surface area contributed by atoms with Crippen LogP contribution in [0.1, 0.15) is 19.6 Å². The van der Waals surface area contributed by atoms with Gasteiger partial charge in [0.2, 0.25) is 0 Å². The fourth-order valence-corrected chi connectivity index (χ4v) is 2.00. The van der Waals surface area contributed by atoms with Gasteiger partial charge in [-0.15, -0.1) is 11.6 Å². The minimum absolute atomic E-state index is 0.0566. The van der Waals surface area contributed by atoms with E-state index in [1.165, 1.54) is 23.2 Å². The van der Waals surface area contributed by atoms with E-state index in [9.17, 15) is 9.59 Å². The van der Waals surface area contributed by atoms with E-state index in [0.29, 0.717) is 6.42 Å². The molecule has 1 aromatic rings. The van der Waals surface area contributed by atoms with E-state index in [2.05, 4.69) is 16.6 Å². The Hall–Kier alpha value is -1.11. The highest BCUT2D eigenvalue weighted by Crippen LogP contribution is 2.32. The summed E-state index contributed by atoms with van der Waals surface area (Å²) in [6, 6.07) is 1.28. The van der Waals surface area contributed by atoms with Crippen LogP contribution >= 0.6 is 11.6 Å². The number of aliphatic hydroxyl groups is 1. The maximum absolute atomic E-state index is 11.5. The first-order valence-corrected chi connectivity index (χ1v) is 6.33. The van der Waals surface area contributed by atoms with Crippen LogP contribution in [-0.4, -0.2) is 33.8 Å². The zero-order chi connectivity index (χ0) is 13.7. The monoisotopic (exact) mass is 276 g/mol. The lowest BCUT2D eigenvalue weighted by molar-refractivity contribution is -0.0336. The number of aromatic nitrogens is 2. The van der Waals surface area contributed by atoms with Crippen molar-refractivity contribution >= 4 is 11.6 Å². The molecular weight excluding hydrogens is 260 g/mol. The van der Waals surface area contributed by atoms with Crippen molar-refractivity contribution in [1.82, 2.24) is 9.55 Å². The largest absolute Gasteiger partial charge is 0.394 e. The molecule has 2 rings (SSSR count). The first kappa shape index (κ1) is 14.9. The Labute approximate surface area is 109 Å². The second-order valence-electron chi connectivity index (χ2n) is 4.06. The predicted molar refractivity (Wildman–Crippen MR) is 67.9 cm³/mol. The number of rotatable bonds is 2. The zero-order valence-electron chi connectivity index (χ0n) is 10.3. The first-order valence-electron chi connectivity index (χ1n) is 5.57. The average molecular weight is 277 g/mol. The molecule has 1 aliphatic heterocycles. The summed E-state index contributed by atoms with van der Waals surface area (Å²) in [6.45, 7) is 1.89. The lowest BCUT2D eigenvalue weighted by Crippen LogP contribution is -2.33. The third kappa shape index (κ3) is 3.22. The molecule has 2 heterocycles. The van der Waals surface area contributed by atoms with Crippen LogP contribution in [0, 0.1) is 5.92 Å². The quantitative estimate of drug-likeness (QED) is 0.762. The van der Waals surface area contributed by atoms with Crippen molar-refractivity contribution in [2.24, 2.45) is 5.92 Å². The van der Waals surface area contributed by atoms with Crippen LogP contribution in [0.15, 0.2) is 21.9 Å². The molecule has 1 aliphatic rings. The van der Waals surface area contributed by atoms with Gasteiger partial charge >= 0.3 is 5.69 Å². The van der Waals surface area contributed by atoms with Gasteiger partial charge in [-0.25, -0.2) is 4.79 Å². The second kappa shape index (κ2) is 6.72. The second-order valence-corrected chi connectivity index (χ2v) is 4.06. The summed E-state index contributed by atoms with van der Waals surface area (Å²) < 4.78 is 6.87. The number of H-pyrrole nitrogens is 1. The van der Waals surface area contributed by atoms with Crippen LogP contribution in [-0.2, 0) is 4.74 Å². The standard InChI is InChI=1S/C10H14N2O4.CH3Cl/c1-6-4-7(5-13)16-9(6)12-3-2-8(14)11-10(12)15;1-2/h2-3,6-7,9,13H,4-5H2,1H3,(H,11,14,15);1H3. The van der Waals surface area contributed by atoms with Crippen molar-refractivity contribution in [2.45, 2.75) is 25.7 Å². The van der Waals surface area contributed by atoms with Crippen molar-refractivity contribution in [3.8, 4) is 0 Å². The number of aromatic amines is 1. The zero-order valence-corrected chi connectivity index (χ0v) is 11.1. The van der Waals surface area contributed by atoms with Gasteiger partial charge in [0.15, 0.2) is 0 Å². The van der Waals surface area contributed by atoms with Gasteiger partial charge in [0.05, 0.1) is 12.7 Å². The minimum Gasteiger partial charge on any atom is -0.394 e. The first-order chi connectivity index (χ1) is 8.61. The summed E-state index contributed by atoms with van der Waals surface area (Å²) in [5, 5.41) is 8.99. The molecule has 0 bridgehead atoms. The lowest BCUT2D eigenvalue weighted by Gasteiger charge is -2.17. The Morgan fingerprint density at radius 1 is 1.56 bits per heavy atom. The number of nitrogens with zero attached hydrogens (tertiary/aromatic N) is 1. The van der Waals surface area contributed by atoms with Gasteiger partial charge in [0.1, 0.15) is 6.23 Å². The maximum Gasteiger partial charge on any atom is 0.330 e. The molecule has 0 radical (unpaired) electrons. The number of hydrogen-bond acceptors (Lipinski definition) is 4. The van der Waals surface area contributed by atoms with Crippen LogP contribution in [0.5, 0.6) is 0 Å². The summed E-state index contributed by atoms with van der Waals surface area (Å²) in [5.74, 6) is 0.126. The van der Waals surface area contributed by atoms with Crippen LogP contribution in [0.4, 0.5) is 0 Å². The molecule has 7 heteroatoms. The molecule has 2 N–H and O–H groups in total. The smallest absolute Gasteiger partial charge is 0.330 e. The molecule has 0 saturated carbocycles. The minimum atomic E-state index is -0.483. The third-order valence-corrected chi connectivity index (χ3v) is 2.78. The van der Waals surface area contributed by atoms with Crippen LogP contribution in [0.25, 0.3) is 0 Å². The van der Waals surface area contributed by atoms with E-state index >= 15 is 0 Å². The number of nitrogens with one attached hydrogen (secondary N) is 1. The van der Waals surface area contributed by atoms with E-state index in [1.54, 1.807) is 0 Å². The average Bonchev–Trinajstić information content (AvgIpc) is 2.73. The lowest BCUT2D eigenvalue weighted by atomic mass is 10.1. The summed E-state index contributed by atoms with van der Waals surface area (Å²) >= 11 is 4.64. The SMILES string of the molecule is CC1CC(CO)OC1n1ccc(=O)[nH]c1=O.CCl. The molecule has 1 saturated heterocycles. The Bertz CT molecular complexity index is 484. The van der Waals surface area contributed by atoms with E-state index in [4.69, 9.17) is 9.84 Å². The maximum atomic E-state index is 11.5. The molecule has 0 spiro atoms. The Morgan fingerprint density at radius 2 is 2.22 bits per heavy atom. The third-order valence-electron chi connectivity index (χ3n) is 2.78. The summed E-state index contributed by atoms with van der Waals surface area (Å²) in [7, 11) is 0. The fourth-order valence-electron chi connectivity index (χ4n) is 2.00. The molecular formula is C11H17ClN2O4. The van der Waals surface area contributed by atoms with Crippen molar-refractivity contribution in [3.63, 3.8) is 0 Å². The molecule has 6 nitrogen and oxygen atoms in total. The van der Waals surface area contributed by atoms with E-state index in [1.807, 2.05) is 6.92 Å². The summed E-state index contributed by atoms with van der Waals surface area (Å²) in [4.78, 5) is 24.6. The molecule has 1 fully saturated rings. The number of aliphatic hydroxyl groups excluding tert-OH is 1. The molecule has 0 aromatic carbocycles. The Kier molecular flexibility index (Phi) is 5.58. The highest BCUT2D eigenvalue weighted by Gasteiger charge is 2.33. The van der Waals surface area contributed by atoms with Crippen LogP contribution in [0.2, 0.25) is 0 Å². The van der Waals surface area contributed by atoms with Gasteiger partial charge in [-0.2, -0.15) is 0 Å². The molecule has 18 heavy (non-hydrogen) atoms. The Morgan fingerprint density at radius 3 is 2.72 bits per heavy atom. The van der Waals surface area contributed by atoms with E-state index in [0.717, 1.165) is 0 Å². The van der Waals surface area contributed by atoms with Gasteiger partial charge in [0.25, 0.3) is 5.56 Å². The van der Waals surface area contributed by atoms with Gasteiger partial charge in [-0.1, -0.05) is 6.92 Å². The van der Waals surface area contributed by atoms with Crippen LogP contribution < -0.4 is 11.2 Å². The summed E-state index contributed by atoms with van der Waals surface area (Å²) in [6.07, 6.45) is 2.94. The molecule has 0 amide bonds. The number of ether oxygens (including phenoxy) is 1. The highest BCUT2D eigenvalue weighted by molar-refractivity contribution is 6.15. The number of hydrogen-bond donors (Lipinski definition) is 2. The van der Waals surface area contributed by atoms with E-state index < -0.39 is 17.5 Å². The fraction of sp³-hybridized carbons (Fsp3) is 0.636. The molecule has 3 atom stereocenters. The summed E-state index contributed by atoms with van der Waals surface area (Å²) in [5.41, 5.74) is -0.909. The number of alkyl halides is 1. The molecule has 3 unspecified atom stereocenters. The van der Waals surface area contributed by atoms with Crippen LogP contribution in [0.3, 0.4) is 0 Å². The van der Waals surface area contributed by atoms with E-state index in [-0.39, 0.29) is 18.6 Å². The predicted octanol–water partition coefficient (Wildman–Crippen LogP) is 0.308.